The molecule has 0 aromatic carbocycles. The summed E-state index contributed by atoms with van der Waals surface area (Å²) in [7, 11) is 0. The third-order valence-electron chi connectivity index (χ3n) is 4.13. The van der Waals surface area contributed by atoms with Gasteiger partial charge in [0.1, 0.15) is 0 Å². The normalized spacial score (nSPS) is 17.8. The number of hydrogen-bond acceptors (Lipinski definition) is 4. The number of nitrogens with zero attached hydrogens (tertiary/aromatic N) is 2. The molecule has 1 aliphatic rings. The van der Waals surface area contributed by atoms with Gasteiger partial charge in [0.15, 0.2) is 0 Å². The van der Waals surface area contributed by atoms with Gasteiger partial charge in [-0.05, 0) is 32.8 Å². The Morgan fingerprint density at radius 1 is 1.24 bits per heavy atom. The van der Waals surface area contributed by atoms with Crippen molar-refractivity contribution in [1.29, 1.82) is 0 Å². The molecule has 1 heterocycles. The molecule has 0 unspecified atom stereocenters. The largest absolute Gasteiger partial charge is 0.391 e. The third-order valence-corrected chi connectivity index (χ3v) is 4.52. The van der Waals surface area contributed by atoms with Crippen molar-refractivity contribution in [3.05, 3.63) is 23.0 Å². The number of aromatic nitrogens is 2. The Labute approximate surface area is 130 Å². The number of carbonyl (C=O) groups is 1. The minimum atomic E-state index is -0.563. The van der Waals surface area contributed by atoms with E-state index in [1.165, 1.54) is 0 Å². The predicted molar refractivity (Wildman–Crippen MR) is 86.2 cm³/mol. The van der Waals surface area contributed by atoms with Gasteiger partial charge < -0.3 is 11.1 Å². The molecule has 1 aromatic rings. The van der Waals surface area contributed by atoms with Crippen LogP contribution in [-0.4, -0.2) is 26.6 Å². The molecule has 1 saturated carbocycles. The van der Waals surface area contributed by atoms with Gasteiger partial charge in [0.25, 0.3) is 5.91 Å². The van der Waals surface area contributed by atoms with Crippen LogP contribution in [0.15, 0.2) is 6.07 Å². The van der Waals surface area contributed by atoms with Crippen LogP contribution in [-0.2, 0) is 0 Å². The van der Waals surface area contributed by atoms with E-state index in [9.17, 15) is 4.79 Å². The van der Waals surface area contributed by atoms with Gasteiger partial charge in [0.05, 0.1) is 27.5 Å². The molecular formula is C15H22N4OS. The van der Waals surface area contributed by atoms with Gasteiger partial charge in [0.2, 0.25) is 0 Å². The number of nitrogens with one attached hydrogen (secondary N) is 1. The zero-order valence-corrected chi connectivity index (χ0v) is 13.4. The maximum Gasteiger partial charge on any atom is 0.254 e. The van der Waals surface area contributed by atoms with E-state index >= 15 is 0 Å². The van der Waals surface area contributed by atoms with E-state index in [1.54, 1.807) is 13.0 Å². The van der Waals surface area contributed by atoms with Crippen LogP contribution in [0.1, 0.15) is 60.3 Å². The second kappa shape index (κ2) is 6.47. The minimum absolute atomic E-state index is 0.166. The molecular weight excluding hydrogens is 284 g/mol. The number of hydrogen-bond donors (Lipinski definition) is 2. The highest BCUT2D eigenvalue weighted by molar-refractivity contribution is 7.80. The summed E-state index contributed by atoms with van der Waals surface area (Å²) in [4.78, 5) is 13.0. The predicted octanol–water partition coefficient (Wildman–Crippen LogP) is 2.20. The molecule has 1 fully saturated rings. The highest BCUT2D eigenvalue weighted by Crippen LogP contribution is 2.28. The van der Waals surface area contributed by atoms with Crippen LogP contribution in [0.3, 0.4) is 0 Å². The molecule has 5 nitrogen and oxygen atoms in total. The number of carbonyl (C=O) groups excluding carboxylic acids is 1. The SMILES string of the molecule is Cc1cc(C(=O)NC2(C(N)=S)CCCCCC2)c(C)nn1. The van der Waals surface area contributed by atoms with Gasteiger partial charge in [-0.15, -0.1) is 0 Å². The van der Waals surface area contributed by atoms with Crippen molar-refractivity contribution < 1.29 is 4.79 Å². The molecule has 6 heteroatoms. The second-order valence-corrected chi connectivity index (χ2v) is 6.24. The van der Waals surface area contributed by atoms with E-state index < -0.39 is 5.54 Å². The van der Waals surface area contributed by atoms with Crippen LogP contribution in [0.4, 0.5) is 0 Å². The highest BCUT2D eigenvalue weighted by Gasteiger charge is 2.36. The lowest BCUT2D eigenvalue weighted by molar-refractivity contribution is 0.0916. The molecule has 0 spiro atoms. The summed E-state index contributed by atoms with van der Waals surface area (Å²) in [6, 6.07) is 1.75. The summed E-state index contributed by atoms with van der Waals surface area (Å²) in [5, 5.41) is 11.0. The van der Waals surface area contributed by atoms with Crippen LogP contribution in [0.25, 0.3) is 0 Å². The molecule has 1 aliphatic carbocycles. The van der Waals surface area contributed by atoms with E-state index in [2.05, 4.69) is 15.5 Å². The van der Waals surface area contributed by atoms with Crippen molar-refractivity contribution in [3.8, 4) is 0 Å². The van der Waals surface area contributed by atoms with Crippen LogP contribution in [0.2, 0.25) is 0 Å². The van der Waals surface area contributed by atoms with E-state index in [-0.39, 0.29) is 5.91 Å². The lowest BCUT2D eigenvalue weighted by Gasteiger charge is -2.33. The van der Waals surface area contributed by atoms with Gasteiger partial charge >= 0.3 is 0 Å². The Morgan fingerprint density at radius 3 is 2.43 bits per heavy atom. The van der Waals surface area contributed by atoms with Crippen molar-refractivity contribution in [2.75, 3.05) is 0 Å². The van der Waals surface area contributed by atoms with Crippen LogP contribution in [0, 0.1) is 13.8 Å². The molecule has 0 aliphatic heterocycles. The number of rotatable bonds is 3. The first-order chi connectivity index (χ1) is 9.94. The Kier molecular flexibility index (Phi) is 4.88. The van der Waals surface area contributed by atoms with Crippen LogP contribution >= 0.6 is 12.2 Å². The summed E-state index contributed by atoms with van der Waals surface area (Å²) in [5.74, 6) is -0.166. The Bertz CT molecular complexity index is 551. The number of amides is 1. The van der Waals surface area contributed by atoms with Crippen molar-refractivity contribution in [3.63, 3.8) is 0 Å². The van der Waals surface area contributed by atoms with Crippen molar-refractivity contribution in [2.45, 2.75) is 57.9 Å². The van der Waals surface area contributed by atoms with Crippen LogP contribution < -0.4 is 11.1 Å². The molecule has 3 N–H and O–H groups in total. The summed E-state index contributed by atoms with van der Waals surface area (Å²) in [6.07, 6.45) is 6.01. The van der Waals surface area contributed by atoms with Gasteiger partial charge in [-0.2, -0.15) is 10.2 Å². The Balaban J connectivity index is 2.26. The fraction of sp³-hybridized carbons (Fsp3) is 0.600. The van der Waals surface area contributed by atoms with E-state index in [4.69, 9.17) is 18.0 Å². The van der Waals surface area contributed by atoms with Gasteiger partial charge in [-0.3, -0.25) is 4.79 Å². The monoisotopic (exact) mass is 306 g/mol. The summed E-state index contributed by atoms with van der Waals surface area (Å²) in [5.41, 5.74) is 7.27. The standard InChI is InChI=1S/C15H22N4OS/c1-10-9-12(11(2)19-18-10)13(20)17-15(14(16)21)7-5-3-4-6-8-15/h9H,3-8H2,1-2H3,(H2,16,21)(H,17,20). The molecule has 0 saturated heterocycles. The van der Waals surface area contributed by atoms with E-state index in [0.29, 0.717) is 16.2 Å². The molecule has 0 atom stereocenters. The average Bonchev–Trinajstić information content (AvgIpc) is 2.68. The lowest BCUT2D eigenvalue weighted by atomic mass is 9.89. The van der Waals surface area contributed by atoms with Gasteiger partial charge in [0, 0.05) is 0 Å². The van der Waals surface area contributed by atoms with Gasteiger partial charge in [-0.25, -0.2) is 0 Å². The number of nitrogens with two attached hydrogens (primary N) is 1. The molecule has 1 aromatic heterocycles. The van der Waals surface area contributed by atoms with E-state index in [1.807, 2.05) is 6.92 Å². The van der Waals surface area contributed by atoms with Crippen molar-refractivity contribution in [2.24, 2.45) is 5.73 Å². The summed E-state index contributed by atoms with van der Waals surface area (Å²) >= 11 is 5.25. The Hall–Kier alpha value is -1.56. The minimum Gasteiger partial charge on any atom is -0.391 e. The van der Waals surface area contributed by atoms with Crippen molar-refractivity contribution in [1.82, 2.24) is 15.5 Å². The third kappa shape index (κ3) is 3.56. The Morgan fingerprint density at radius 2 is 1.86 bits per heavy atom. The zero-order chi connectivity index (χ0) is 15.5. The highest BCUT2D eigenvalue weighted by atomic mass is 32.1. The lowest BCUT2D eigenvalue weighted by Crippen LogP contribution is -2.56. The van der Waals surface area contributed by atoms with Gasteiger partial charge in [-0.1, -0.05) is 37.9 Å². The maximum atomic E-state index is 12.6. The smallest absolute Gasteiger partial charge is 0.254 e. The molecule has 21 heavy (non-hydrogen) atoms. The molecule has 0 bridgehead atoms. The number of aryl methyl sites for hydroxylation is 2. The summed E-state index contributed by atoms with van der Waals surface area (Å²) < 4.78 is 0. The quantitative estimate of drug-likeness (QED) is 0.661. The fourth-order valence-electron chi connectivity index (χ4n) is 2.83. The maximum absolute atomic E-state index is 12.6. The van der Waals surface area contributed by atoms with Crippen LogP contribution in [0.5, 0.6) is 0 Å². The first-order valence-corrected chi connectivity index (χ1v) is 7.79. The average molecular weight is 306 g/mol. The fourth-order valence-corrected chi connectivity index (χ4v) is 3.08. The second-order valence-electron chi connectivity index (χ2n) is 5.80. The van der Waals surface area contributed by atoms with E-state index in [0.717, 1.165) is 44.2 Å². The first kappa shape index (κ1) is 15.8. The molecule has 114 valence electrons. The number of thiocarbonyl (C=S) groups is 1. The molecule has 1 amide bonds. The zero-order valence-electron chi connectivity index (χ0n) is 12.6. The van der Waals surface area contributed by atoms with Crippen molar-refractivity contribution >= 4 is 23.1 Å². The first-order valence-electron chi connectivity index (χ1n) is 7.38. The molecule has 2 rings (SSSR count). The summed E-state index contributed by atoms with van der Waals surface area (Å²) in [6.45, 7) is 3.60. The topological polar surface area (TPSA) is 80.9 Å². The molecule has 0 radical (unpaired) electrons.